The second-order valence-corrected chi connectivity index (χ2v) is 12.8. The average Bonchev–Trinajstić information content (AvgIpc) is 3.51. The number of aromatic amines is 1. The number of aliphatic hydroxyl groups is 2. The van der Waals surface area contributed by atoms with Gasteiger partial charge in [0.25, 0.3) is 11.5 Å². The van der Waals surface area contributed by atoms with E-state index in [1.807, 2.05) is 6.92 Å². The van der Waals surface area contributed by atoms with Crippen molar-refractivity contribution in [3.8, 4) is 0 Å². The molecule has 1 aromatic rings. The van der Waals surface area contributed by atoms with Gasteiger partial charge in [-0.25, -0.2) is 4.79 Å². The monoisotopic (exact) mass is 772 g/mol. The van der Waals surface area contributed by atoms with Gasteiger partial charge in [-0.2, -0.15) is 0 Å². The number of hydrogen-bond acceptors (Lipinski definition) is 12. The first kappa shape index (κ1) is 45.6. The molecular formula is C35H57ClN6O11. The molecule has 0 aliphatic carbocycles. The molecule has 4 unspecified atom stereocenters. The van der Waals surface area contributed by atoms with E-state index in [1.54, 1.807) is 11.8 Å². The number of H-pyrrole nitrogens is 1. The van der Waals surface area contributed by atoms with E-state index in [1.165, 1.54) is 24.1 Å². The van der Waals surface area contributed by atoms with Crippen molar-refractivity contribution in [2.75, 3.05) is 59.1 Å². The van der Waals surface area contributed by atoms with Crippen LogP contribution in [0.2, 0.25) is 0 Å². The fourth-order valence-electron chi connectivity index (χ4n) is 5.31. The Labute approximate surface area is 315 Å². The fraction of sp³-hybridized carbons (Fsp3) is 0.686. The molecule has 3 amide bonds. The number of carbonyl (C=O) groups is 3. The molecule has 3 heterocycles. The third-order valence-corrected chi connectivity index (χ3v) is 8.59. The lowest BCUT2D eigenvalue weighted by atomic mass is 10.1. The predicted molar refractivity (Wildman–Crippen MR) is 197 cm³/mol. The molecule has 4 atom stereocenters. The number of aryl methyl sites for hydroxylation is 1. The molecule has 2 aliphatic heterocycles. The van der Waals surface area contributed by atoms with Gasteiger partial charge < -0.3 is 50.0 Å². The molecule has 0 saturated carbocycles. The number of alkyl halides is 1. The largest absolute Gasteiger partial charge is 0.394 e. The van der Waals surface area contributed by atoms with Gasteiger partial charge >= 0.3 is 5.69 Å². The van der Waals surface area contributed by atoms with E-state index < -0.39 is 30.0 Å². The number of halogens is 1. The standard InChI is InChI=1S/C26H43ClN4O8.C9H14N2O3/c1-19-30-26(36)20(17-31(19)25-15-21(33)22(18-32)39-25)16-29-24(35)8-6-7-23(34)28-10-12-38-14-13-37-11-5-3-2-4-9-27;1-4-7(14-3)11-5-6(2)8(12)10-9(11)13/h17,21-22,25,32-33H,1-16,18H2,(H,28,34)(H,29,35)(H,30,36);5,7H,4H2,1-3H3,(H,10,12,13). The number of nitrogens with one attached hydrogen (secondary N) is 4. The number of methoxy groups -OCH3 is 1. The van der Waals surface area contributed by atoms with E-state index >= 15 is 0 Å². The fourth-order valence-corrected chi connectivity index (χ4v) is 5.50. The van der Waals surface area contributed by atoms with Crippen LogP contribution < -0.4 is 27.2 Å². The number of carbonyl (C=O) groups excluding carboxylic acids is 3. The summed E-state index contributed by atoms with van der Waals surface area (Å²) in [6, 6.07) is 0. The van der Waals surface area contributed by atoms with E-state index in [0.717, 1.165) is 25.7 Å². The van der Waals surface area contributed by atoms with Crippen LogP contribution in [-0.4, -0.2) is 120 Å². The molecule has 18 heteroatoms. The van der Waals surface area contributed by atoms with Crippen LogP contribution in [0.3, 0.4) is 0 Å². The maximum absolute atomic E-state index is 12.3. The highest BCUT2D eigenvalue weighted by Crippen LogP contribution is 2.27. The normalized spacial score (nSPS) is 18.9. The van der Waals surface area contributed by atoms with Crippen LogP contribution >= 0.6 is 11.6 Å². The first-order valence-corrected chi connectivity index (χ1v) is 18.5. The number of unbranched alkanes of at least 4 members (excludes halogenated alkanes) is 3. The third kappa shape index (κ3) is 16.5. The number of ether oxygens (including phenoxy) is 4. The average molecular weight is 773 g/mol. The first-order valence-electron chi connectivity index (χ1n) is 18.0. The van der Waals surface area contributed by atoms with E-state index in [9.17, 15) is 34.2 Å². The Bertz CT molecular complexity index is 1450. The molecule has 300 valence electrons. The van der Waals surface area contributed by atoms with Crippen LogP contribution in [0, 0.1) is 6.92 Å². The number of rotatable bonds is 23. The molecule has 0 spiro atoms. The van der Waals surface area contributed by atoms with Crippen LogP contribution in [0.5, 0.6) is 0 Å². The van der Waals surface area contributed by atoms with Gasteiger partial charge in [-0.15, -0.1) is 11.6 Å². The molecule has 1 aromatic heterocycles. The molecule has 17 nitrogen and oxygen atoms in total. The highest BCUT2D eigenvalue weighted by molar-refractivity contribution is 6.17. The van der Waals surface area contributed by atoms with Crippen LogP contribution in [0.4, 0.5) is 0 Å². The highest BCUT2D eigenvalue weighted by atomic mass is 35.5. The maximum atomic E-state index is 12.3. The van der Waals surface area contributed by atoms with Gasteiger partial charge in [0.15, 0.2) is 0 Å². The minimum atomic E-state index is -0.835. The molecule has 0 radical (unpaired) electrons. The maximum Gasteiger partial charge on any atom is 0.330 e. The van der Waals surface area contributed by atoms with Crippen LogP contribution in [-0.2, 0) is 33.3 Å². The second-order valence-electron chi connectivity index (χ2n) is 12.5. The van der Waals surface area contributed by atoms with Crippen molar-refractivity contribution >= 4 is 29.3 Å². The van der Waals surface area contributed by atoms with Gasteiger partial charge in [0.2, 0.25) is 11.8 Å². The zero-order chi connectivity index (χ0) is 39.2. The van der Waals surface area contributed by atoms with Gasteiger partial charge in [-0.05, 0) is 32.6 Å². The van der Waals surface area contributed by atoms with Crippen molar-refractivity contribution in [1.82, 2.24) is 30.4 Å². The lowest BCUT2D eigenvalue weighted by molar-refractivity contribution is -0.122. The van der Waals surface area contributed by atoms with Crippen LogP contribution in [0.1, 0.15) is 76.5 Å². The van der Waals surface area contributed by atoms with E-state index in [2.05, 4.69) is 27.5 Å². The summed E-state index contributed by atoms with van der Waals surface area (Å²) >= 11 is 5.63. The molecular weight excluding hydrogens is 716 g/mol. The van der Waals surface area contributed by atoms with Gasteiger partial charge in [-0.3, -0.25) is 28.7 Å². The third-order valence-electron chi connectivity index (χ3n) is 8.32. The summed E-state index contributed by atoms with van der Waals surface area (Å²) < 4.78 is 23.0. The Hall–Kier alpha value is -3.58. The molecule has 1 fully saturated rings. The first-order chi connectivity index (χ1) is 25.4. The van der Waals surface area contributed by atoms with Crippen molar-refractivity contribution < 1.29 is 43.5 Å². The zero-order valence-electron chi connectivity index (χ0n) is 31.0. The van der Waals surface area contributed by atoms with Crippen molar-refractivity contribution in [3.05, 3.63) is 56.8 Å². The molecule has 3 rings (SSSR count). The van der Waals surface area contributed by atoms with Gasteiger partial charge in [-0.1, -0.05) is 26.3 Å². The molecule has 6 N–H and O–H groups in total. The topological polar surface area (TPSA) is 223 Å². The second kappa shape index (κ2) is 25.4. The zero-order valence-corrected chi connectivity index (χ0v) is 31.8. The molecule has 0 bridgehead atoms. The smallest absolute Gasteiger partial charge is 0.330 e. The number of aliphatic hydroxyl groups excluding tert-OH is 2. The van der Waals surface area contributed by atoms with Crippen LogP contribution in [0.25, 0.3) is 0 Å². The van der Waals surface area contributed by atoms with Crippen molar-refractivity contribution in [3.63, 3.8) is 0 Å². The van der Waals surface area contributed by atoms with Crippen molar-refractivity contribution in [2.45, 2.75) is 96.3 Å². The molecule has 53 heavy (non-hydrogen) atoms. The predicted octanol–water partition coefficient (Wildman–Crippen LogP) is 0.877. The highest BCUT2D eigenvalue weighted by Gasteiger charge is 2.38. The Balaban J connectivity index is 0.000000579. The lowest BCUT2D eigenvalue weighted by Gasteiger charge is -2.33. The number of amides is 3. The summed E-state index contributed by atoms with van der Waals surface area (Å²) in [5.41, 5.74) is -0.00157. The van der Waals surface area contributed by atoms with Gasteiger partial charge in [0, 0.05) is 69.9 Å². The summed E-state index contributed by atoms with van der Waals surface area (Å²) in [6.45, 7) is 9.47. The molecule has 0 aromatic carbocycles. The van der Waals surface area contributed by atoms with E-state index in [4.69, 9.17) is 30.5 Å². The SMILES string of the molecule is C=C1NC(=O)C(CNC(=O)CCCC(=O)NCCOCCOCCCCCCCl)=CN1C1CC(O)C(CO)O1.CCC(OC)n1cc(C)c(=O)[nH]c1=O. The summed E-state index contributed by atoms with van der Waals surface area (Å²) in [7, 11) is 1.53. The Kier molecular flexibility index (Phi) is 21.9. The Morgan fingerprint density at radius 2 is 1.74 bits per heavy atom. The molecule has 1 saturated heterocycles. The molecule has 2 aliphatic rings. The van der Waals surface area contributed by atoms with Crippen LogP contribution in [0.15, 0.2) is 40.0 Å². The number of hydrogen-bond donors (Lipinski definition) is 6. The van der Waals surface area contributed by atoms with Gasteiger partial charge in [0.05, 0.1) is 38.1 Å². The summed E-state index contributed by atoms with van der Waals surface area (Å²) in [6.07, 6.45) is 6.44. The van der Waals surface area contributed by atoms with E-state index in [0.29, 0.717) is 57.3 Å². The Morgan fingerprint density at radius 1 is 1.06 bits per heavy atom. The number of aromatic nitrogens is 2. The summed E-state index contributed by atoms with van der Waals surface area (Å²) in [4.78, 5) is 62.7. The Morgan fingerprint density at radius 3 is 2.38 bits per heavy atom. The minimum absolute atomic E-state index is 0.0194. The lowest BCUT2D eigenvalue weighted by Crippen LogP contribution is -2.45. The van der Waals surface area contributed by atoms with Crippen molar-refractivity contribution in [1.29, 1.82) is 0 Å². The number of nitrogens with zero attached hydrogens (tertiary/aromatic N) is 2. The minimum Gasteiger partial charge on any atom is -0.394 e. The quantitative estimate of drug-likeness (QED) is 0.0674. The summed E-state index contributed by atoms with van der Waals surface area (Å²) in [5.74, 6) is 0.127. The van der Waals surface area contributed by atoms with Crippen molar-refractivity contribution in [2.24, 2.45) is 0 Å². The van der Waals surface area contributed by atoms with Gasteiger partial charge in [0.1, 0.15) is 24.4 Å². The summed E-state index contributed by atoms with van der Waals surface area (Å²) in [5, 5.41) is 27.3. The van der Waals surface area contributed by atoms with E-state index in [-0.39, 0.29) is 67.4 Å².